The van der Waals surface area contributed by atoms with Crippen LogP contribution >= 0.6 is 0 Å². The zero-order valence-corrected chi connectivity index (χ0v) is 20.2. The molecule has 1 spiro atoms. The fourth-order valence-electron chi connectivity index (χ4n) is 4.31. The summed E-state index contributed by atoms with van der Waals surface area (Å²) in [5.41, 5.74) is 0.650. The number of carboxylic acid groups (broad SMARTS) is 2. The summed E-state index contributed by atoms with van der Waals surface area (Å²) >= 11 is 0. The highest BCUT2D eigenvalue weighted by molar-refractivity contribution is 5.93. The lowest BCUT2D eigenvalue weighted by atomic mass is 9.89. The molecule has 38 heavy (non-hydrogen) atoms. The number of carbonyl (C=O) groups excluding carboxylic acids is 1. The van der Waals surface area contributed by atoms with Gasteiger partial charge in [-0.15, -0.1) is 0 Å². The average Bonchev–Trinajstić information content (AvgIpc) is 3.18. The Kier molecular flexibility index (Phi) is 10.9. The number of hydrogen-bond acceptors (Lipinski definition) is 6. The monoisotopic (exact) mass is 557 g/mol. The molecule has 1 aromatic heterocycles. The number of rotatable bonds is 4. The maximum absolute atomic E-state index is 12.2. The third kappa shape index (κ3) is 9.74. The van der Waals surface area contributed by atoms with Crippen LogP contribution in [0.3, 0.4) is 0 Å². The molecule has 0 unspecified atom stereocenters. The summed E-state index contributed by atoms with van der Waals surface area (Å²) < 4.78 is 70.0. The Hall–Kier alpha value is -2.94. The summed E-state index contributed by atoms with van der Waals surface area (Å²) in [7, 11) is 0. The van der Waals surface area contributed by atoms with E-state index in [0.29, 0.717) is 12.1 Å². The minimum atomic E-state index is -5.08. The van der Waals surface area contributed by atoms with Crippen molar-refractivity contribution in [1.29, 1.82) is 0 Å². The Labute approximate surface area is 214 Å². The van der Waals surface area contributed by atoms with Gasteiger partial charge in [0, 0.05) is 38.1 Å². The molecule has 1 aliphatic carbocycles. The van der Waals surface area contributed by atoms with Crippen LogP contribution in [0.25, 0.3) is 0 Å². The lowest BCUT2D eigenvalue weighted by Crippen LogP contribution is -2.48. The van der Waals surface area contributed by atoms with Gasteiger partial charge in [0.05, 0.1) is 17.3 Å². The fourth-order valence-corrected chi connectivity index (χ4v) is 4.31. The third-order valence-corrected chi connectivity index (χ3v) is 6.41. The van der Waals surface area contributed by atoms with Crippen molar-refractivity contribution in [1.82, 2.24) is 15.2 Å². The number of ether oxygens (including phenoxy) is 1. The smallest absolute Gasteiger partial charge is 0.475 e. The molecule has 3 heterocycles. The first-order valence-corrected chi connectivity index (χ1v) is 11.8. The average molecular weight is 557 g/mol. The minimum Gasteiger partial charge on any atom is -0.475 e. The fraction of sp³-hybridized carbons (Fsp3) is 0.652. The molecule has 1 saturated carbocycles. The van der Waals surface area contributed by atoms with Crippen LogP contribution in [0.5, 0.6) is 0 Å². The van der Waals surface area contributed by atoms with Crippen LogP contribution in [0.4, 0.5) is 26.3 Å². The molecule has 214 valence electrons. The van der Waals surface area contributed by atoms with Gasteiger partial charge in [0.2, 0.25) is 0 Å². The van der Waals surface area contributed by atoms with Crippen molar-refractivity contribution < 1.29 is 55.7 Å². The molecule has 0 radical (unpaired) electrons. The first-order valence-electron chi connectivity index (χ1n) is 11.8. The second kappa shape index (κ2) is 13.2. The van der Waals surface area contributed by atoms with Crippen molar-refractivity contribution in [2.45, 2.75) is 75.0 Å². The zero-order chi connectivity index (χ0) is 28.6. The predicted molar refractivity (Wildman–Crippen MR) is 119 cm³/mol. The lowest BCUT2D eigenvalue weighted by molar-refractivity contribution is -0.193. The van der Waals surface area contributed by atoms with Gasteiger partial charge in [-0.05, 0) is 50.7 Å². The molecule has 3 aliphatic rings. The van der Waals surface area contributed by atoms with Crippen molar-refractivity contribution in [2.24, 2.45) is 0 Å². The van der Waals surface area contributed by atoms with Crippen LogP contribution in [-0.2, 0) is 14.3 Å². The molecule has 2 aliphatic heterocycles. The van der Waals surface area contributed by atoms with Crippen LogP contribution in [0.1, 0.15) is 55.3 Å². The number of pyridine rings is 1. The van der Waals surface area contributed by atoms with Gasteiger partial charge in [0.15, 0.2) is 0 Å². The van der Waals surface area contributed by atoms with Crippen molar-refractivity contribution in [3.63, 3.8) is 0 Å². The normalized spacial score (nSPS) is 23.8. The van der Waals surface area contributed by atoms with E-state index in [1.807, 2.05) is 0 Å². The van der Waals surface area contributed by atoms with Gasteiger partial charge < -0.3 is 20.3 Å². The highest BCUT2D eigenvalue weighted by atomic mass is 19.4. The lowest BCUT2D eigenvalue weighted by Gasteiger charge is -2.41. The number of aliphatic carboxylic acids is 2. The van der Waals surface area contributed by atoms with E-state index in [1.165, 1.54) is 38.6 Å². The van der Waals surface area contributed by atoms with Gasteiger partial charge in [0.25, 0.3) is 5.91 Å². The van der Waals surface area contributed by atoms with Gasteiger partial charge in [-0.1, -0.05) is 6.42 Å². The third-order valence-electron chi connectivity index (χ3n) is 6.41. The van der Waals surface area contributed by atoms with E-state index >= 15 is 0 Å². The number of nitrogens with zero attached hydrogens (tertiary/aromatic N) is 2. The molecule has 3 N–H and O–H groups in total. The molecule has 2 atom stereocenters. The molecule has 1 aromatic rings. The maximum Gasteiger partial charge on any atom is 0.490 e. The topological polar surface area (TPSA) is 129 Å². The number of halogens is 6. The Bertz CT molecular complexity index is 918. The van der Waals surface area contributed by atoms with E-state index in [2.05, 4.69) is 15.2 Å². The van der Waals surface area contributed by atoms with Gasteiger partial charge in [0.1, 0.15) is 0 Å². The summed E-state index contributed by atoms with van der Waals surface area (Å²) in [6.07, 6.45) is 1.93. The summed E-state index contributed by atoms with van der Waals surface area (Å²) in [4.78, 5) is 36.6. The number of nitrogens with one attached hydrogen (secondary N) is 1. The first-order chi connectivity index (χ1) is 17.6. The number of amides is 1. The summed E-state index contributed by atoms with van der Waals surface area (Å²) in [6.45, 7) is 2.86. The molecule has 15 heteroatoms. The Balaban J connectivity index is 0.000000301. The summed E-state index contributed by atoms with van der Waals surface area (Å²) in [5, 5.41) is 17.3. The van der Waals surface area contributed by atoms with Crippen molar-refractivity contribution in [3.05, 3.63) is 30.1 Å². The van der Waals surface area contributed by atoms with E-state index in [-0.39, 0.29) is 17.6 Å². The van der Waals surface area contributed by atoms with E-state index in [9.17, 15) is 31.1 Å². The quantitative estimate of drug-likeness (QED) is 0.479. The van der Waals surface area contributed by atoms with Crippen molar-refractivity contribution >= 4 is 17.8 Å². The van der Waals surface area contributed by atoms with Gasteiger partial charge in [-0.25, -0.2) is 9.59 Å². The van der Waals surface area contributed by atoms with Gasteiger partial charge in [-0.3, -0.25) is 14.7 Å². The minimum absolute atomic E-state index is 0.0392. The predicted octanol–water partition coefficient (Wildman–Crippen LogP) is 3.64. The molecular formula is C23H29F6N3O6. The molecule has 2 saturated heterocycles. The van der Waals surface area contributed by atoms with E-state index < -0.39 is 24.3 Å². The maximum atomic E-state index is 12.2. The summed E-state index contributed by atoms with van der Waals surface area (Å²) in [6, 6.07) is 4.38. The number of carboxylic acids is 2. The van der Waals surface area contributed by atoms with E-state index in [1.54, 1.807) is 24.5 Å². The highest BCUT2D eigenvalue weighted by Gasteiger charge is 2.45. The SMILES string of the molecule is O=C(NC[C@@H]1CCC[C@]2(CCN(C3CCC3)C2)O1)c1cccnc1.O=C(O)C(F)(F)F.O=C(O)C(F)(F)F. The van der Waals surface area contributed by atoms with Gasteiger partial charge in [-0.2, -0.15) is 26.3 Å². The number of aromatic nitrogens is 1. The Morgan fingerprint density at radius 1 is 1.03 bits per heavy atom. The number of alkyl halides is 6. The summed E-state index contributed by atoms with van der Waals surface area (Å²) in [5.74, 6) is -5.58. The molecule has 3 fully saturated rings. The molecule has 0 aromatic carbocycles. The van der Waals surface area contributed by atoms with Crippen molar-refractivity contribution in [2.75, 3.05) is 19.6 Å². The molecule has 9 nitrogen and oxygen atoms in total. The number of carbonyl (C=O) groups is 3. The second-order valence-electron chi connectivity index (χ2n) is 9.18. The number of hydrogen-bond donors (Lipinski definition) is 3. The molecular weight excluding hydrogens is 528 g/mol. The van der Waals surface area contributed by atoms with Crippen LogP contribution < -0.4 is 5.32 Å². The van der Waals surface area contributed by atoms with Crippen LogP contribution in [0.15, 0.2) is 24.5 Å². The highest BCUT2D eigenvalue weighted by Crippen LogP contribution is 2.39. The van der Waals surface area contributed by atoms with Crippen LogP contribution in [0, 0.1) is 0 Å². The zero-order valence-electron chi connectivity index (χ0n) is 20.2. The van der Waals surface area contributed by atoms with Crippen LogP contribution in [0.2, 0.25) is 0 Å². The standard InChI is InChI=1S/C19H27N3O2.2C2HF3O2/c23-18(15-4-3-10-20-12-15)21-13-17-7-2-8-19(24-17)9-11-22(14-19)16-5-1-6-16;2*3-2(4,5)1(6)7/h3-4,10,12,16-17H,1-2,5-9,11,13-14H2,(H,21,23);2*(H,6,7)/t17-,19+;;/m0../s1. The second-order valence-corrected chi connectivity index (χ2v) is 9.18. The molecule has 4 rings (SSSR count). The van der Waals surface area contributed by atoms with E-state index in [4.69, 9.17) is 24.5 Å². The first kappa shape index (κ1) is 31.3. The van der Waals surface area contributed by atoms with Crippen LogP contribution in [-0.4, -0.2) is 87.7 Å². The van der Waals surface area contributed by atoms with Crippen molar-refractivity contribution in [3.8, 4) is 0 Å². The molecule has 0 bridgehead atoms. The number of likely N-dealkylation sites (tertiary alicyclic amines) is 1. The van der Waals surface area contributed by atoms with E-state index in [0.717, 1.165) is 25.4 Å². The Morgan fingerprint density at radius 3 is 2.11 bits per heavy atom. The Morgan fingerprint density at radius 2 is 1.63 bits per heavy atom. The van der Waals surface area contributed by atoms with Gasteiger partial charge >= 0.3 is 24.3 Å². The largest absolute Gasteiger partial charge is 0.490 e. The molecule has 1 amide bonds.